The number of anilines is 1. The summed E-state index contributed by atoms with van der Waals surface area (Å²) in [4.78, 5) is 30.1. The number of piperazine rings is 2. The van der Waals surface area contributed by atoms with Gasteiger partial charge in [0.1, 0.15) is 0 Å². The molecular formula is C26H38N6O. The number of nitrogens with zero attached hydrogens (tertiary/aromatic N) is 5. The Hall–Kier alpha value is -2.22. The predicted molar refractivity (Wildman–Crippen MR) is 133 cm³/mol. The van der Waals surface area contributed by atoms with Crippen molar-refractivity contribution in [2.75, 3.05) is 57.3 Å². The molecule has 5 rings (SSSR count). The zero-order valence-electron chi connectivity index (χ0n) is 19.8. The Kier molecular flexibility index (Phi) is 7.39. The largest absolute Gasteiger partial charge is 0.340 e. The normalized spacial score (nSPS) is 22.0. The summed E-state index contributed by atoms with van der Waals surface area (Å²) in [6.07, 6.45) is 6.94. The molecule has 3 fully saturated rings. The van der Waals surface area contributed by atoms with E-state index < -0.39 is 0 Å². The minimum atomic E-state index is -0.0393. The van der Waals surface area contributed by atoms with Gasteiger partial charge in [-0.2, -0.15) is 0 Å². The third kappa shape index (κ3) is 6.02. The van der Waals surface area contributed by atoms with E-state index in [0.717, 1.165) is 83.1 Å². The average Bonchev–Trinajstić information content (AvgIpc) is 2.86. The van der Waals surface area contributed by atoms with Crippen molar-refractivity contribution in [3.63, 3.8) is 0 Å². The van der Waals surface area contributed by atoms with E-state index in [1.165, 1.54) is 37.7 Å². The first-order valence-electron chi connectivity index (χ1n) is 12.8. The van der Waals surface area contributed by atoms with Crippen molar-refractivity contribution in [3.8, 4) is 0 Å². The molecule has 0 radical (unpaired) electrons. The van der Waals surface area contributed by atoms with Crippen LogP contribution in [-0.4, -0.2) is 83.1 Å². The molecule has 2 saturated heterocycles. The Bertz CT molecular complexity index is 925. The molecule has 0 bridgehead atoms. The maximum Gasteiger partial charge on any atom is 0.252 e. The van der Waals surface area contributed by atoms with E-state index in [1.54, 1.807) is 6.07 Å². The smallest absolute Gasteiger partial charge is 0.252 e. The lowest BCUT2D eigenvalue weighted by molar-refractivity contribution is 0.0749. The lowest BCUT2D eigenvalue weighted by atomic mass is 9.94. The van der Waals surface area contributed by atoms with Gasteiger partial charge in [0.25, 0.3) is 5.56 Å². The van der Waals surface area contributed by atoms with E-state index in [2.05, 4.69) is 54.9 Å². The van der Waals surface area contributed by atoms with Crippen LogP contribution in [0.1, 0.15) is 43.4 Å². The fourth-order valence-electron chi connectivity index (χ4n) is 5.65. The molecule has 2 aliphatic heterocycles. The quantitative estimate of drug-likeness (QED) is 0.730. The highest BCUT2D eigenvalue weighted by molar-refractivity contribution is 5.31. The van der Waals surface area contributed by atoms with Crippen LogP contribution >= 0.6 is 0 Å². The van der Waals surface area contributed by atoms with Crippen LogP contribution in [0.4, 0.5) is 5.95 Å². The number of aromatic amines is 1. The van der Waals surface area contributed by atoms with Gasteiger partial charge in [-0.1, -0.05) is 49.6 Å². The van der Waals surface area contributed by atoms with Gasteiger partial charge in [-0.3, -0.25) is 24.5 Å². The molecule has 33 heavy (non-hydrogen) atoms. The predicted octanol–water partition coefficient (Wildman–Crippen LogP) is 2.54. The molecule has 3 aliphatic rings. The number of nitrogens with one attached hydrogen (secondary N) is 1. The summed E-state index contributed by atoms with van der Waals surface area (Å²) in [6.45, 7) is 9.90. The molecule has 0 amide bonds. The first kappa shape index (κ1) is 22.6. The van der Waals surface area contributed by atoms with E-state index in [0.29, 0.717) is 0 Å². The lowest BCUT2D eigenvalue weighted by Crippen LogP contribution is -2.50. The molecule has 0 unspecified atom stereocenters. The van der Waals surface area contributed by atoms with Crippen LogP contribution < -0.4 is 10.5 Å². The van der Waals surface area contributed by atoms with E-state index in [1.807, 2.05) is 0 Å². The van der Waals surface area contributed by atoms with Gasteiger partial charge in [-0.05, 0) is 18.4 Å². The van der Waals surface area contributed by atoms with Crippen molar-refractivity contribution < 1.29 is 0 Å². The van der Waals surface area contributed by atoms with Crippen molar-refractivity contribution in [2.45, 2.75) is 51.2 Å². The van der Waals surface area contributed by atoms with Crippen LogP contribution in [0.5, 0.6) is 0 Å². The highest BCUT2D eigenvalue weighted by Gasteiger charge is 2.25. The second kappa shape index (κ2) is 10.8. The Morgan fingerprint density at radius 2 is 1.48 bits per heavy atom. The van der Waals surface area contributed by atoms with Crippen LogP contribution in [0.2, 0.25) is 0 Å². The highest BCUT2D eigenvalue weighted by atomic mass is 16.1. The Morgan fingerprint density at radius 3 is 2.21 bits per heavy atom. The highest BCUT2D eigenvalue weighted by Crippen LogP contribution is 2.23. The van der Waals surface area contributed by atoms with E-state index in [4.69, 9.17) is 4.98 Å². The van der Waals surface area contributed by atoms with E-state index in [-0.39, 0.29) is 5.56 Å². The van der Waals surface area contributed by atoms with Crippen LogP contribution in [0.25, 0.3) is 0 Å². The fourth-order valence-corrected chi connectivity index (χ4v) is 5.65. The summed E-state index contributed by atoms with van der Waals surface area (Å²) in [6, 6.07) is 13.1. The number of rotatable bonds is 6. The van der Waals surface area contributed by atoms with Crippen LogP contribution in [-0.2, 0) is 13.1 Å². The van der Waals surface area contributed by atoms with Crippen LogP contribution in [0.15, 0.2) is 41.2 Å². The van der Waals surface area contributed by atoms with Gasteiger partial charge in [0.2, 0.25) is 5.95 Å². The van der Waals surface area contributed by atoms with Crippen molar-refractivity contribution in [2.24, 2.45) is 0 Å². The number of benzene rings is 1. The summed E-state index contributed by atoms with van der Waals surface area (Å²) in [5, 5.41) is 0. The van der Waals surface area contributed by atoms with Gasteiger partial charge in [-0.25, -0.2) is 4.98 Å². The second-order valence-corrected chi connectivity index (χ2v) is 9.91. The van der Waals surface area contributed by atoms with Gasteiger partial charge in [0, 0.05) is 77.6 Å². The zero-order chi connectivity index (χ0) is 22.5. The third-order valence-electron chi connectivity index (χ3n) is 7.59. The molecule has 1 aromatic heterocycles. The minimum Gasteiger partial charge on any atom is -0.340 e. The van der Waals surface area contributed by atoms with Crippen LogP contribution in [0, 0.1) is 0 Å². The Balaban J connectivity index is 1.13. The van der Waals surface area contributed by atoms with Gasteiger partial charge >= 0.3 is 0 Å². The summed E-state index contributed by atoms with van der Waals surface area (Å²) in [5.74, 6) is 0.734. The summed E-state index contributed by atoms with van der Waals surface area (Å²) in [5.41, 5.74) is 2.21. The third-order valence-corrected chi connectivity index (χ3v) is 7.59. The zero-order valence-corrected chi connectivity index (χ0v) is 19.8. The number of aromatic nitrogens is 2. The molecule has 1 N–H and O–H groups in total. The summed E-state index contributed by atoms with van der Waals surface area (Å²) in [7, 11) is 0. The topological polar surface area (TPSA) is 58.7 Å². The number of H-pyrrole nitrogens is 1. The Morgan fingerprint density at radius 1 is 0.818 bits per heavy atom. The van der Waals surface area contributed by atoms with E-state index in [9.17, 15) is 4.79 Å². The SMILES string of the molecule is O=c1cc(CN2CCN(C3CCCCC3)CC2)nc(N2CCN(Cc3ccccc3)CC2)[nH]1. The van der Waals surface area contributed by atoms with Crippen molar-refractivity contribution in [3.05, 3.63) is 58.0 Å². The van der Waals surface area contributed by atoms with Gasteiger partial charge in [-0.15, -0.1) is 0 Å². The molecule has 0 atom stereocenters. The summed E-state index contributed by atoms with van der Waals surface area (Å²) >= 11 is 0. The van der Waals surface area contributed by atoms with Crippen molar-refractivity contribution in [1.82, 2.24) is 24.7 Å². The van der Waals surface area contributed by atoms with Crippen molar-refractivity contribution in [1.29, 1.82) is 0 Å². The average molecular weight is 451 g/mol. The van der Waals surface area contributed by atoms with Gasteiger partial charge < -0.3 is 4.90 Å². The molecule has 7 heteroatoms. The first-order valence-corrected chi connectivity index (χ1v) is 12.8. The molecule has 178 valence electrons. The monoisotopic (exact) mass is 450 g/mol. The molecule has 3 heterocycles. The van der Waals surface area contributed by atoms with Gasteiger partial charge in [0.15, 0.2) is 0 Å². The number of hydrogen-bond acceptors (Lipinski definition) is 6. The minimum absolute atomic E-state index is 0.0393. The number of hydrogen-bond donors (Lipinski definition) is 1. The van der Waals surface area contributed by atoms with Crippen molar-refractivity contribution >= 4 is 5.95 Å². The maximum absolute atomic E-state index is 12.4. The van der Waals surface area contributed by atoms with Gasteiger partial charge in [0.05, 0.1) is 5.69 Å². The molecular weight excluding hydrogens is 412 g/mol. The second-order valence-electron chi connectivity index (χ2n) is 9.91. The molecule has 7 nitrogen and oxygen atoms in total. The molecule has 2 aromatic rings. The molecule has 1 saturated carbocycles. The Labute approximate surface area is 197 Å². The first-order chi connectivity index (χ1) is 16.2. The molecule has 1 aliphatic carbocycles. The molecule has 0 spiro atoms. The maximum atomic E-state index is 12.4. The lowest BCUT2D eigenvalue weighted by Gasteiger charge is -2.40. The van der Waals surface area contributed by atoms with E-state index >= 15 is 0 Å². The fraction of sp³-hybridized carbons (Fsp3) is 0.615. The standard InChI is InChI=1S/C26H38N6O/c33-25-19-23(21-30-11-15-31(16-12-30)24-9-5-2-6-10-24)27-26(28-25)32-17-13-29(14-18-32)20-22-7-3-1-4-8-22/h1,3-4,7-8,19,24H,2,5-6,9-18,20-21H2,(H,27,28,33). The summed E-state index contributed by atoms with van der Waals surface area (Å²) < 4.78 is 0. The molecule has 1 aromatic carbocycles. The van der Waals surface area contributed by atoms with Crippen LogP contribution in [0.3, 0.4) is 0 Å².